The van der Waals surface area contributed by atoms with Crippen molar-refractivity contribution in [2.24, 2.45) is 0 Å². The minimum Gasteiger partial charge on any atom is -0.481 e. The molecule has 1 heterocycles. The first-order valence-corrected chi connectivity index (χ1v) is 7.30. The van der Waals surface area contributed by atoms with Gasteiger partial charge < -0.3 is 15.3 Å². The predicted molar refractivity (Wildman–Crippen MR) is 77.8 cm³/mol. The first-order valence-electron chi connectivity index (χ1n) is 7.30. The van der Waals surface area contributed by atoms with E-state index in [1.165, 1.54) is 0 Å². The molecule has 1 fully saturated rings. The number of urea groups is 1. The van der Waals surface area contributed by atoms with E-state index in [4.69, 9.17) is 5.11 Å². The van der Waals surface area contributed by atoms with Crippen molar-refractivity contribution in [3.05, 3.63) is 0 Å². The molecular weight excluding hydrogens is 258 g/mol. The SMILES string of the molecule is CC(C)(C)N1CCN(C(=O)NCCCCC(=O)O)CC1. The van der Waals surface area contributed by atoms with E-state index in [0.29, 0.717) is 19.4 Å². The second-order valence-corrected chi connectivity index (χ2v) is 6.23. The van der Waals surface area contributed by atoms with Crippen molar-refractivity contribution in [1.82, 2.24) is 15.1 Å². The number of aliphatic carboxylic acids is 1. The number of carboxylic acid groups (broad SMARTS) is 1. The minimum atomic E-state index is -0.783. The molecule has 0 atom stereocenters. The number of piperazine rings is 1. The van der Waals surface area contributed by atoms with E-state index in [1.54, 1.807) is 0 Å². The van der Waals surface area contributed by atoms with Crippen LogP contribution in [0.25, 0.3) is 0 Å². The van der Waals surface area contributed by atoms with Crippen LogP contribution < -0.4 is 5.32 Å². The molecule has 0 aromatic rings. The fraction of sp³-hybridized carbons (Fsp3) is 0.857. The topological polar surface area (TPSA) is 72.9 Å². The van der Waals surface area contributed by atoms with E-state index >= 15 is 0 Å². The number of carbonyl (C=O) groups excluding carboxylic acids is 1. The van der Waals surface area contributed by atoms with E-state index in [1.807, 2.05) is 4.90 Å². The van der Waals surface area contributed by atoms with Crippen molar-refractivity contribution in [2.45, 2.75) is 45.6 Å². The molecule has 0 unspecified atom stereocenters. The largest absolute Gasteiger partial charge is 0.481 e. The van der Waals surface area contributed by atoms with E-state index in [9.17, 15) is 9.59 Å². The van der Waals surface area contributed by atoms with Gasteiger partial charge in [-0.1, -0.05) is 0 Å². The minimum absolute atomic E-state index is 0.0334. The summed E-state index contributed by atoms with van der Waals surface area (Å²) in [5.41, 5.74) is 0.152. The van der Waals surface area contributed by atoms with Crippen LogP contribution >= 0.6 is 0 Å². The molecule has 0 bridgehead atoms. The second-order valence-electron chi connectivity index (χ2n) is 6.23. The predicted octanol–water partition coefficient (Wildman–Crippen LogP) is 1.37. The van der Waals surface area contributed by atoms with Crippen molar-refractivity contribution in [3.8, 4) is 0 Å². The number of amides is 2. The molecule has 0 aromatic heterocycles. The maximum Gasteiger partial charge on any atom is 0.317 e. The lowest BCUT2D eigenvalue weighted by molar-refractivity contribution is -0.137. The molecule has 1 aliphatic rings. The van der Waals surface area contributed by atoms with Crippen LogP contribution in [0.2, 0.25) is 0 Å². The molecule has 1 rings (SSSR count). The molecular formula is C14H27N3O3. The fourth-order valence-corrected chi connectivity index (χ4v) is 2.29. The van der Waals surface area contributed by atoms with E-state index in [-0.39, 0.29) is 18.0 Å². The zero-order valence-corrected chi connectivity index (χ0v) is 12.8. The summed E-state index contributed by atoms with van der Waals surface area (Å²) in [5, 5.41) is 11.4. The molecule has 6 nitrogen and oxygen atoms in total. The fourth-order valence-electron chi connectivity index (χ4n) is 2.29. The van der Waals surface area contributed by atoms with Crippen LogP contribution in [0.4, 0.5) is 4.79 Å². The second kappa shape index (κ2) is 7.47. The summed E-state index contributed by atoms with van der Waals surface area (Å²) in [4.78, 5) is 26.5. The molecule has 6 heteroatoms. The number of rotatable bonds is 5. The maximum atomic E-state index is 11.9. The lowest BCUT2D eigenvalue weighted by atomic mass is 10.1. The summed E-state index contributed by atoms with van der Waals surface area (Å²) < 4.78 is 0. The summed E-state index contributed by atoms with van der Waals surface area (Å²) in [6.45, 7) is 10.4. The van der Waals surface area contributed by atoms with Gasteiger partial charge in [0.1, 0.15) is 0 Å². The van der Waals surface area contributed by atoms with Crippen LogP contribution in [-0.4, -0.2) is 65.2 Å². The molecule has 1 aliphatic heterocycles. The average molecular weight is 285 g/mol. The van der Waals surface area contributed by atoms with Gasteiger partial charge in [0.25, 0.3) is 0 Å². The molecule has 2 N–H and O–H groups in total. The molecule has 0 spiro atoms. The highest BCUT2D eigenvalue weighted by Gasteiger charge is 2.27. The number of hydrogen-bond donors (Lipinski definition) is 2. The lowest BCUT2D eigenvalue weighted by Crippen LogP contribution is -2.56. The van der Waals surface area contributed by atoms with Crippen molar-refractivity contribution in [1.29, 1.82) is 0 Å². The van der Waals surface area contributed by atoms with Gasteiger partial charge in [-0.05, 0) is 33.6 Å². The highest BCUT2D eigenvalue weighted by Crippen LogP contribution is 2.15. The summed E-state index contributed by atoms with van der Waals surface area (Å²) >= 11 is 0. The Hall–Kier alpha value is -1.30. The number of carboxylic acids is 1. The normalized spacial score (nSPS) is 17.1. The van der Waals surface area contributed by atoms with Crippen LogP contribution in [0.5, 0.6) is 0 Å². The van der Waals surface area contributed by atoms with Crippen molar-refractivity contribution in [3.63, 3.8) is 0 Å². The standard InChI is InChI=1S/C14H27N3O3/c1-14(2,3)17-10-8-16(9-11-17)13(20)15-7-5-4-6-12(18)19/h4-11H2,1-3H3,(H,15,20)(H,18,19). The molecule has 116 valence electrons. The quantitative estimate of drug-likeness (QED) is 0.748. The van der Waals surface area contributed by atoms with Crippen molar-refractivity contribution in [2.75, 3.05) is 32.7 Å². The first kappa shape index (κ1) is 16.8. The third-order valence-electron chi connectivity index (χ3n) is 3.61. The smallest absolute Gasteiger partial charge is 0.317 e. The molecule has 0 aliphatic carbocycles. The number of carbonyl (C=O) groups is 2. The zero-order chi connectivity index (χ0) is 15.2. The molecule has 1 saturated heterocycles. The van der Waals surface area contributed by atoms with Gasteiger partial charge in [0.15, 0.2) is 0 Å². The number of nitrogens with one attached hydrogen (secondary N) is 1. The van der Waals surface area contributed by atoms with E-state index in [0.717, 1.165) is 26.2 Å². The van der Waals surface area contributed by atoms with Crippen molar-refractivity contribution >= 4 is 12.0 Å². The number of nitrogens with zero attached hydrogens (tertiary/aromatic N) is 2. The van der Waals surface area contributed by atoms with E-state index in [2.05, 4.69) is 31.0 Å². The Morgan fingerprint density at radius 2 is 1.70 bits per heavy atom. The van der Waals surface area contributed by atoms with Gasteiger partial charge >= 0.3 is 12.0 Å². The third-order valence-corrected chi connectivity index (χ3v) is 3.61. The Morgan fingerprint density at radius 1 is 1.10 bits per heavy atom. The molecule has 0 saturated carbocycles. The summed E-state index contributed by atoms with van der Waals surface area (Å²) in [5.74, 6) is -0.783. The van der Waals surface area contributed by atoms with Crippen LogP contribution in [0.15, 0.2) is 0 Å². The molecule has 0 radical (unpaired) electrons. The Labute approximate surface area is 121 Å². The summed E-state index contributed by atoms with van der Waals surface area (Å²) in [6.07, 6.45) is 1.48. The zero-order valence-electron chi connectivity index (χ0n) is 12.8. The van der Waals surface area contributed by atoms with Gasteiger partial charge in [0.05, 0.1) is 0 Å². The number of hydrogen-bond acceptors (Lipinski definition) is 3. The number of unbranched alkanes of at least 4 members (excludes halogenated alkanes) is 1. The van der Waals surface area contributed by atoms with Crippen LogP contribution in [0.3, 0.4) is 0 Å². The van der Waals surface area contributed by atoms with Crippen molar-refractivity contribution < 1.29 is 14.7 Å². The Kier molecular flexibility index (Phi) is 6.26. The molecule has 2 amide bonds. The van der Waals surface area contributed by atoms with Crippen LogP contribution in [0.1, 0.15) is 40.0 Å². The Morgan fingerprint density at radius 3 is 2.20 bits per heavy atom. The monoisotopic (exact) mass is 285 g/mol. The Balaban J connectivity index is 2.18. The Bertz CT molecular complexity index is 331. The first-order chi connectivity index (χ1) is 9.30. The van der Waals surface area contributed by atoms with Gasteiger partial charge in [-0.3, -0.25) is 9.69 Å². The van der Waals surface area contributed by atoms with Gasteiger partial charge in [0.2, 0.25) is 0 Å². The van der Waals surface area contributed by atoms with Crippen LogP contribution in [0, 0.1) is 0 Å². The van der Waals surface area contributed by atoms with Crippen LogP contribution in [-0.2, 0) is 4.79 Å². The van der Waals surface area contributed by atoms with E-state index < -0.39 is 5.97 Å². The van der Waals surface area contributed by atoms with Gasteiger partial charge in [-0.25, -0.2) is 4.79 Å². The highest BCUT2D eigenvalue weighted by atomic mass is 16.4. The van der Waals surface area contributed by atoms with Gasteiger partial charge in [0, 0.05) is 44.7 Å². The maximum absolute atomic E-state index is 11.9. The average Bonchev–Trinajstić information content (AvgIpc) is 2.37. The molecule has 0 aromatic carbocycles. The third kappa shape index (κ3) is 5.77. The highest BCUT2D eigenvalue weighted by molar-refractivity contribution is 5.74. The lowest BCUT2D eigenvalue weighted by Gasteiger charge is -2.42. The summed E-state index contributed by atoms with van der Waals surface area (Å²) in [7, 11) is 0. The molecule has 20 heavy (non-hydrogen) atoms. The summed E-state index contributed by atoms with van der Waals surface area (Å²) in [6, 6.07) is -0.0334. The van der Waals surface area contributed by atoms with Gasteiger partial charge in [-0.2, -0.15) is 0 Å². The van der Waals surface area contributed by atoms with Gasteiger partial charge in [-0.15, -0.1) is 0 Å².